The minimum absolute atomic E-state index is 0.0133. The second-order valence-electron chi connectivity index (χ2n) is 8.17. The number of carbonyl (C=O) groups is 2. The van der Waals surface area contributed by atoms with Gasteiger partial charge >= 0.3 is 12.1 Å². The number of benzene rings is 2. The molecule has 6 nitrogen and oxygen atoms in total. The lowest BCUT2D eigenvalue weighted by Crippen LogP contribution is -2.57. The number of cyclic esters (lactones) is 1. The molecule has 1 amide bonds. The molecule has 1 heterocycles. The molecule has 2 aromatic carbocycles. The number of esters is 1. The average molecular weight is 563 g/mol. The van der Waals surface area contributed by atoms with Crippen molar-refractivity contribution >= 4 is 40.2 Å². The van der Waals surface area contributed by atoms with Crippen molar-refractivity contribution in [2.24, 2.45) is 0 Å². The van der Waals surface area contributed by atoms with Gasteiger partial charge in [-0.1, -0.05) is 19.9 Å². The molecule has 0 bridgehead atoms. The van der Waals surface area contributed by atoms with Gasteiger partial charge in [0, 0.05) is 21.2 Å². The molecule has 10 heteroatoms. The Morgan fingerprint density at radius 1 is 1.22 bits per heavy atom. The Kier molecular flexibility index (Phi) is 6.49. The average Bonchev–Trinajstić information content (AvgIpc) is 3.06. The maximum Gasteiger partial charge on any atom is 0.426 e. The molecular weight excluding hydrogens is 542 g/mol. The van der Waals surface area contributed by atoms with Crippen LogP contribution in [0.15, 0.2) is 36.4 Å². The molecule has 0 saturated heterocycles. The van der Waals surface area contributed by atoms with Crippen LogP contribution < -0.4 is 10.1 Å². The van der Waals surface area contributed by atoms with E-state index in [1.165, 1.54) is 39.2 Å². The molecule has 0 saturated carbocycles. The second kappa shape index (κ2) is 8.54. The molecule has 1 atom stereocenters. The van der Waals surface area contributed by atoms with Gasteiger partial charge in [-0.25, -0.2) is 4.79 Å². The summed E-state index contributed by atoms with van der Waals surface area (Å²) in [6.07, 6.45) is -6.20. The van der Waals surface area contributed by atoms with E-state index < -0.39 is 35.5 Å². The van der Waals surface area contributed by atoms with Gasteiger partial charge in [0.25, 0.3) is 5.91 Å². The predicted molar refractivity (Wildman–Crippen MR) is 119 cm³/mol. The number of hydrogen-bond donors (Lipinski definition) is 2. The summed E-state index contributed by atoms with van der Waals surface area (Å²) in [5, 5.41) is 12.8. The van der Waals surface area contributed by atoms with Gasteiger partial charge in [0.05, 0.1) is 12.7 Å². The van der Waals surface area contributed by atoms with Gasteiger partial charge in [-0.05, 0) is 63.9 Å². The fraction of sp³-hybridized carbons (Fsp3) is 0.364. The fourth-order valence-corrected chi connectivity index (χ4v) is 4.18. The summed E-state index contributed by atoms with van der Waals surface area (Å²) in [6, 6.07) is 8.98. The number of anilines is 1. The van der Waals surface area contributed by atoms with Crippen LogP contribution in [0, 0.1) is 3.57 Å². The lowest BCUT2D eigenvalue weighted by atomic mass is 9.74. The van der Waals surface area contributed by atoms with Crippen LogP contribution in [0.4, 0.5) is 18.9 Å². The Morgan fingerprint density at radius 2 is 1.91 bits per heavy atom. The molecule has 1 aliphatic rings. The Morgan fingerprint density at radius 3 is 2.53 bits per heavy atom. The number of methoxy groups -OCH3 is 1. The van der Waals surface area contributed by atoms with Gasteiger partial charge in [-0.2, -0.15) is 13.2 Å². The first-order valence-electron chi connectivity index (χ1n) is 9.53. The molecule has 2 N–H and O–H groups in total. The maximum atomic E-state index is 14.0. The van der Waals surface area contributed by atoms with Crippen molar-refractivity contribution in [2.75, 3.05) is 12.4 Å². The second-order valence-corrected chi connectivity index (χ2v) is 9.41. The van der Waals surface area contributed by atoms with E-state index in [1.54, 1.807) is 18.2 Å². The number of carbonyl (C=O) groups excluding carboxylic acids is 2. The molecule has 3 rings (SSSR count). The standard InChI is InChI=1S/C22H21F3INO5/c1-20(2,16-7-4-13(26)9-17(16)31-3)11-21(30,22(23,24)25)19(29)27-14-5-6-15-12(8-14)10-32-18(15)28/h4-9,30H,10-11H2,1-3H3,(H,27,29). The van der Waals surface area contributed by atoms with Crippen LogP contribution >= 0.6 is 22.6 Å². The molecule has 0 aromatic heterocycles. The lowest BCUT2D eigenvalue weighted by Gasteiger charge is -2.37. The number of nitrogens with one attached hydrogen (secondary N) is 1. The number of fused-ring (bicyclic) bond motifs is 1. The first-order valence-corrected chi connectivity index (χ1v) is 10.6. The zero-order valence-electron chi connectivity index (χ0n) is 17.5. The summed E-state index contributed by atoms with van der Waals surface area (Å²) < 4.78 is 53.0. The highest BCUT2D eigenvalue weighted by Gasteiger charge is 2.61. The molecule has 2 aromatic rings. The third kappa shape index (κ3) is 4.56. The molecule has 32 heavy (non-hydrogen) atoms. The molecule has 0 radical (unpaired) electrons. The van der Waals surface area contributed by atoms with Crippen LogP contribution in [0.3, 0.4) is 0 Å². The Bertz CT molecular complexity index is 1070. The molecule has 1 aliphatic heterocycles. The third-order valence-electron chi connectivity index (χ3n) is 5.38. The number of halogens is 4. The highest BCUT2D eigenvalue weighted by atomic mass is 127. The number of rotatable bonds is 6. The van der Waals surface area contributed by atoms with Gasteiger partial charge in [0.1, 0.15) is 12.4 Å². The van der Waals surface area contributed by atoms with E-state index in [4.69, 9.17) is 9.47 Å². The number of amides is 1. The number of alkyl halides is 3. The summed E-state index contributed by atoms with van der Waals surface area (Å²) >= 11 is 2.05. The van der Waals surface area contributed by atoms with Crippen LogP contribution in [0.2, 0.25) is 0 Å². The van der Waals surface area contributed by atoms with E-state index >= 15 is 0 Å². The van der Waals surface area contributed by atoms with Crippen LogP contribution in [0.5, 0.6) is 5.75 Å². The number of ether oxygens (including phenoxy) is 2. The zero-order valence-corrected chi connectivity index (χ0v) is 19.6. The summed E-state index contributed by atoms with van der Waals surface area (Å²) in [7, 11) is 1.40. The highest BCUT2D eigenvalue weighted by Crippen LogP contribution is 2.44. The quantitative estimate of drug-likeness (QED) is 0.398. The van der Waals surface area contributed by atoms with Crippen molar-refractivity contribution in [1.29, 1.82) is 0 Å². The van der Waals surface area contributed by atoms with Crippen LogP contribution in [0.25, 0.3) is 0 Å². The first-order chi connectivity index (χ1) is 14.8. The van der Waals surface area contributed by atoms with Crippen LogP contribution in [0.1, 0.15) is 41.8 Å². The van der Waals surface area contributed by atoms with Crippen molar-refractivity contribution in [2.45, 2.75) is 44.1 Å². The van der Waals surface area contributed by atoms with E-state index in [9.17, 15) is 27.9 Å². The van der Waals surface area contributed by atoms with E-state index in [1.807, 2.05) is 22.6 Å². The Labute approximate surface area is 196 Å². The smallest absolute Gasteiger partial charge is 0.426 e. The molecule has 1 unspecified atom stereocenters. The normalized spacial score (nSPS) is 15.6. The topological polar surface area (TPSA) is 84.9 Å². The van der Waals surface area contributed by atoms with Crippen LogP contribution in [-0.4, -0.2) is 35.9 Å². The zero-order chi connectivity index (χ0) is 23.9. The van der Waals surface area contributed by atoms with Gasteiger partial charge in [0.15, 0.2) is 0 Å². The Balaban J connectivity index is 1.93. The van der Waals surface area contributed by atoms with Gasteiger partial charge < -0.3 is 19.9 Å². The van der Waals surface area contributed by atoms with Gasteiger partial charge in [-0.3, -0.25) is 4.79 Å². The minimum atomic E-state index is -5.25. The third-order valence-corrected chi connectivity index (χ3v) is 6.05. The largest absolute Gasteiger partial charge is 0.496 e. The van der Waals surface area contributed by atoms with Crippen molar-refractivity contribution < 1.29 is 37.3 Å². The lowest BCUT2D eigenvalue weighted by molar-refractivity contribution is -0.254. The van der Waals surface area contributed by atoms with Crippen molar-refractivity contribution in [3.05, 3.63) is 56.7 Å². The molecule has 0 aliphatic carbocycles. The highest BCUT2D eigenvalue weighted by molar-refractivity contribution is 14.1. The van der Waals surface area contributed by atoms with E-state index in [-0.39, 0.29) is 17.9 Å². The Hall–Kier alpha value is -2.34. The maximum absolute atomic E-state index is 14.0. The van der Waals surface area contributed by atoms with Gasteiger partial charge in [0.2, 0.25) is 5.60 Å². The summed E-state index contributed by atoms with van der Waals surface area (Å²) in [5.41, 5.74) is -3.82. The summed E-state index contributed by atoms with van der Waals surface area (Å²) in [5.74, 6) is -1.80. The van der Waals surface area contributed by atoms with Crippen molar-refractivity contribution in [3.8, 4) is 5.75 Å². The number of aliphatic hydroxyl groups is 1. The molecule has 0 fully saturated rings. The van der Waals surface area contributed by atoms with Crippen LogP contribution in [-0.2, 0) is 21.6 Å². The van der Waals surface area contributed by atoms with E-state index in [2.05, 4.69) is 5.32 Å². The van der Waals surface area contributed by atoms with Crippen molar-refractivity contribution in [3.63, 3.8) is 0 Å². The van der Waals surface area contributed by atoms with Gasteiger partial charge in [-0.15, -0.1) is 0 Å². The predicted octanol–water partition coefficient (Wildman–Crippen LogP) is 4.57. The van der Waals surface area contributed by atoms with E-state index in [0.29, 0.717) is 16.9 Å². The van der Waals surface area contributed by atoms with E-state index in [0.717, 1.165) is 3.57 Å². The molecule has 0 spiro atoms. The summed E-state index contributed by atoms with van der Waals surface area (Å²) in [6.45, 7) is 2.96. The fourth-order valence-electron chi connectivity index (χ4n) is 3.71. The first kappa shape index (κ1) is 24.3. The molecule has 172 valence electrons. The monoisotopic (exact) mass is 563 g/mol. The number of hydrogen-bond acceptors (Lipinski definition) is 5. The minimum Gasteiger partial charge on any atom is -0.496 e. The summed E-state index contributed by atoms with van der Waals surface area (Å²) in [4.78, 5) is 24.3. The van der Waals surface area contributed by atoms with Crippen molar-refractivity contribution in [1.82, 2.24) is 0 Å². The molecular formula is C22H21F3INO5. The SMILES string of the molecule is COc1cc(I)ccc1C(C)(C)CC(O)(C(=O)Nc1ccc2c(c1)COC2=O)C(F)(F)F.